The fraction of sp³-hybridized carbons (Fsp3) is 0.400. The van der Waals surface area contributed by atoms with Gasteiger partial charge in [-0.15, -0.1) is 4.68 Å². The first-order valence-corrected chi connectivity index (χ1v) is 11.8. The minimum atomic E-state index is -0.754. The number of aromatic nitrogens is 6. The lowest BCUT2D eigenvalue weighted by atomic mass is 9.92. The van der Waals surface area contributed by atoms with Crippen molar-refractivity contribution in [3.63, 3.8) is 0 Å². The number of fused-ring (bicyclic) bond motifs is 1. The van der Waals surface area contributed by atoms with E-state index in [4.69, 9.17) is 9.72 Å². The van der Waals surface area contributed by atoms with E-state index in [1.54, 1.807) is 0 Å². The summed E-state index contributed by atoms with van der Waals surface area (Å²) in [6.07, 6.45) is 9.24. The summed E-state index contributed by atoms with van der Waals surface area (Å²) >= 11 is 0. The van der Waals surface area contributed by atoms with E-state index in [2.05, 4.69) is 31.8 Å². The molecule has 2 fully saturated rings. The van der Waals surface area contributed by atoms with Crippen LogP contribution in [-0.4, -0.2) is 31.0 Å². The average Bonchev–Trinajstić information content (AvgIpc) is 3.62. The summed E-state index contributed by atoms with van der Waals surface area (Å²) in [6, 6.07) is 3.87. The number of rotatable bonds is 4. The van der Waals surface area contributed by atoms with Crippen molar-refractivity contribution in [1.82, 2.24) is 24.4 Å². The van der Waals surface area contributed by atoms with Crippen LogP contribution in [0.4, 0.5) is 8.78 Å². The Morgan fingerprint density at radius 2 is 2.00 bits per heavy atom. The predicted octanol–water partition coefficient (Wildman–Crippen LogP) is 3.26. The zero-order valence-electron chi connectivity index (χ0n) is 19.5. The van der Waals surface area contributed by atoms with Gasteiger partial charge in [-0.3, -0.25) is 4.79 Å². The molecule has 2 unspecified atom stereocenters. The molecule has 8 nitrogen and oxygen atoms in total. The lowest BCUT2D eigenvalue weighted by Crippen LogP contribution is -2.37. The Morgan fingerprint density at radius 3 is 2.77 bits per heavy atom. The van der Waals surface area contributed by atoms with Crippen LogP contribution in [-0.2, 0) is 18.8 Å². The molecular weight excluding hydrogens is 454 g/mol. The third-order valence-electron chi connectivity index (χ3n) is 6.93. The van der Waals surface area contributed by atoms with E-state index in [0.717, 1.165) is 11.6 Å². The predicted molar refractivity (Wildman–Crippen MR) is 122 cm³/mol. The molecule has 4 aromatic rings. The molecule has 1 saturated heterocycles. The zero-order valence-corrected chi connectivity index (χ0v) is 19.5. The van der Waals surface area contributed by atoms with Gasteiger partial charge in [0.25, 0.3) is 5.56 Å². The van der Waals surface area contributed by atoms with E-state index < -0.39 is 17.2 Å². The lowest BCUT2D eigenvalue weighted by molar-refractivity contribution is -0.754. The first-order chi connectivity index (χ1) is 16.9. The minimum absolute atomic E-state index is 0.0899. The Hall–Kier alpha value is -3.53. The van der Waals surface area contributed by atoms with Crippen LogP contribution >= 0.6 is 0 Å². The summed E-state index contributed by atoms with van der Waals surface area (Å²) < 4.78 is 40.0. The summed E-state index contributed by atoms with van der Waals surface area (Å²) in [6.45, 7) is 0.518. The van der Waals surface area contributed by atoms with Crippen LogP contribution in [0.25, 0.3) is 22.2 Å². The van der Waals surface area contributed by atoms with E-state index >= 15 is 0 Å². The molecule has 1 saturated carbocycles. The van der Waals surface area contributed by atoms with Crippen molar-refractivity contribution in [3.05, 3.63) is 70.2 Å². The van der Waals surface area contributed by atoms with Crippen LogP contribution in [0.1, 0.15) is 55.1 Å². The maximum absolute atomic E-state index is 14.8. The molecule has 10 heteroatoms. The van der Waals surface area contributed by atoms with Crippen molar-refractivity contribution in [2.75, 3.05) is 6.61 Å². The van der Waals surface area contributed by atoms with Gasteiger partial charge in [-0.05, 0) is 37.8 Å². The van der Waals surface area contributed by atoms with Crippen molar-refractivity contribution in [2.45, 2.75) is 43.7 Å². The molecule has 0 amide bonds. The Bertz CT molecular complexity index is 1510. The molecule has 1 aliphatic carbocycles. The molecular formula is C25H25F2N6O2+. The second kappa shape index (κ2) is 8.30. The van der Waals surface area contributed by atoms with Gasteiger partial charge in [0.05, 0.1) is 41.2 Å². The molecule has 0 bridgehead atoms. The number of ether oxygens (including phenoxy) is 1. The highest BCUT2D eigenvalue weighted by atomic mass is 19.1. The van der Waals surface area contributed by atoms with Gasteiger partial charge in [-0.25, -0.2) is 23.4 Å². The Morgan fingerprint density at radius 1 is 1.17 bits per heavy atom. The molecule has 1 aromatic carbocycles. The number of hydrogen-bond acceptors (Lipinski definition) is 5. The van der Waals surface area contributed by atoms with Gasteiger partial charge in [0.2, 0.25) is 6.20 Å². The highest BCUT2D eigenvalue weighted by molar-refractivity contribution is 5.91. The van der Waals surface area contributed by atoms with Gasteiger partial charge in [0.15, 0.2) is 7.05 Å². The van der Waals surface area contributed by atoms with Gasteiger partial charge < -0.3 is 4.74 Å². The minimum Gasteiger partial charge on any atom is -0.373 e. The van der Waals surface area contributed by atoms with Gasteiger partial charge in [0.1, 0.15) is 23.0 Å². The van der Waals surface area contributed by atoms with Crippen LogP contribution in [0.5, 0.6) is 0 Å². The maximum atomic E-state index is 14.8. The lowest BCUT2D eigenvalue weighted by Gasteiger charge is -2.28. The van der Waals surface area contributed by atoms with Crippen molar-refractivity contribution in [1.29, 1.82) is 0 Å². The monoisotopic (exact) mass is 479 g/mol. The van der Waals surface area contributed by atoms with Gasteiger partial charge in [-0.2, -0.15) is 9.78 Å². The third kappa shape index (κ3) is 3.91. The van der Waals surface area contributed by atoms with E-state index in [0.29, 0.717) is 36.7 Å². The molecule has 6 rings (SSSR count). The highest BCUT2D eigenvalue weighted by Gasteiger charge is 2.34. The number of hydrogen-bond donors (Lipinski definition) is 0. The molecule has 1 aliphatic heterocycles. The smallest absolute Gasteiger partial charge is 0.293 e. The SMILES string of the molecule is Cn1ncc2c(-c3ccc(F)cc3F)nc(C3CCOC(c4cn(C5CC5)[n+](C)c4)C3)nc2c1=O. The van der Waals surface area contributed by atoms with E-state index in [1.807, 2.05) is 7.05 Å². The Labute approximate surface area is 199 Å². The average molecular weight is 480 g/mol. The fourth-order valence-electron chi connectivity index (χ4n) is 4.88. The Kier molecular flexibility index (Phi) is 5.21. The second-order valence-corrected chi connectivity index (χ2v) is 9.41. The fourth-order valence-corrected chi connectivity index (χ4v) is 4.88. The van der Waals surface area contributed by atoms with Crippen molar-refractivity contribution in [2.24, 2.45) is 14.1 Å². The largest absolute Gasteiger partial charge is 0.373 e. The van der Waals surface area contributed by atoms with Crippen LogP contribution in [0.15, 0.2) is 41.6 Å². The number of halogens is 2. The quantitative estimate of drug-likeness (QED) is 0.420. The topological polar surface area (TPSA) is 78.7 Å². The molecule has 35 heavy (non-hydrogen) atoms. The number of aryl methyl sites for hydroxylation is 2. The van der Waals surface area contributed by atoms with Gasteiger partial charge in [-0.1, -0.05) is 0 Å². The third-order valence-corrected chi connectivity index (χ3v) is 6.93. The van der Waals surface area contributed by atoms with Crippen LogP contribution in [0.3, 0.4) is 0 Å². The molecule has 0 N–H and O–H groups in total. The van der Waals surface area contributed by atoms with Gasteiger partial charge >= 0.3 is 0 Å². The number of benzene rings is 1. The van der Waals surface area contributed by atoms with Gasteiger partial charge in [0, 0.05) is 31.2 Å². The Balaban J connectivity index is 1.43. The second-order valence-electron chi connectivity index (χ2n) is 9.41. The summed E-state index contributed by atoms with van der Waals surface area (Å²) in [5.41, 5.74) is 1.21. The van der Waals surface area contributed by atoms with Crippen molar-refractivity contribution >= 4 is 10.9 Å². The van der Waals surface area contributed by atoms with Crippen LogP contribution in [0, 0.1) is 11.6 Å². The summed E-state index contributed by atoms with van der Waals surface area (Å²) in [4.78, 5) is 22.3. The molecule has 0 radical (unpaired) electrons. The normalized spacial score (nSPS) is 20.5. The summed E-state index contributed by atoms with van der Waals surface area (Å²) in [5.74, 6) is -1.07. The number of nitrogens with zero attached hydrogens (tertiary/aromatic N) is 6. The zero-order chi connectivity index (χ0) is 24.3. The molecule has 2 atom stereocenters. The van der Waals surface area contributed by atoms with E-state index in [1.165, 1.54) is 42.9 Å². The standard InChI is InChI=1S/C25H25F2N6O2/c1-31-12-15(13-33(31)17-4-5-17)21-9-14(7-8-35-21)24-29-22(18-6-3-16(26)10-20(18)27)19-11-28-32(2)25(34)23(19)30-24/h3,6,10-14,17,21H,4-5,7-9H2,1-2H3/q+1. The van der Waals surface area contributed by atoms with Crippen molar-refractivity contribution in [3.8, 4) is 11.3 Å². The van der Waals surface area contributed by atoms with Crippen LogP contribution in [0.2, 0.25) is 0 Å². The maximum Gasteiger partial charge on any atom is 0.293 e. The molecule has 3 aromatic heterocycles. The first kappa shape index (κ1) is 22.0. The molecule has 180 valence electrons. The van der Waals surface area contributed by atoms with Crippen LogP contribution < -0.4 is 10.2 Å². The highest BCUT2D eigenvalue weighted by Crippen LogP contribution is 2.39. The van der Waals surface area contributed by atoms with E-state index in [-0.39, 0.29) is 28.8 Å². The summed E-state index contributed by atoms with van der Waals surface area (Å²) in [7, 11) is 3.57. The van der Waals surface area contributed by atoms with Crippen molar-refractivity contribution < 1.29 is 18.2 Å². The van der Waals surface area contributed by atoms with E-state index in [9.17, 15) is 13.6 Å². The molecule has 2 aliphatic rings. The molecule has 0 spiro atoms. The summed E-state index contributed by atoms with van der Waals surface area (Å²) in [5, 5.41) is 4.40. The first-order valence-electron chi connectivity index (χ1n) is 11.8. The molecule has 4 heterocycles.